The highest BCUT2D eigenvalue weighted by Crippen LogP contribution is 2.41. The number of fused-ring (bicyclic) bond motifs is 4. The number of ether oxygens (including phenoxy) is 4. The Morgan fingerprint density at radius 1 is 1.09 bits per heavy atom. The number of aldehydes is 1. The number of halogens is 2. The number of nitrogens with zero attached hydrogens (tertiary/aromatic N) is 5. The zero-order valence-electron chi connectivity index (χ0n) is 27.0. The largest absolute Gasteiger partial charge is 0.468 e. The Bertz CT molecular complexity index is 1830. The van der Waals surface area contributed by atoms with E-state index < -0.39 is 17.2 Å². The van der Waals surface area contributed by atoms with Crippen LogP contribution in [0.5, 0.6) is 11.8 Å². The maximum atomic E-state index is 16.8. The van der Waals surface area contributed by atoms with E-state index in [1.807, 2.05) is 32.6 Å². The summed E-state index contributed by atoms with van der Waals surface area (Å²) in [6.07, 6.45) is 3.60. The molecule has 2 aliphatic heterocycles. The Morgan fingerprint density at radius 2 is 1.83 bits per heavy atom. The minimum absolute atomic E-state index is 0.0440. The van der Waals surface area contributed by atoms with Gasteiger partial charge in [-0.2, -0.15) is 9.97 Å². The summed E-state index contributed by atoms with van der Waals surface area (Å²) in [5.41, 5.74) is -0.0371. The van der Waals surface area contributed by atoms with Crippen LogP contribution in [0.1, 0.15) is 46.1 Å². The minimum Gasteiger partial charge on any atom is -0.468 e. The standard InChI is InChI=1S/C34H37F2N5O6/c1-6-23-26(35)10-7-19-13-22(46-18-44-5)14-24(27(19)23)29-28(36)30-25(15-37-29)31(39-32(38-30)45-12-11-42)40-16-20-8-9-21(17-40)41(20)33(43)47-34(2,3)4/h7,10-11,13-15,20-21H,6,8-9,12,16-18H2,1-5H3. The lowest BCUT2D eigenvalue weighted by Crippen LogP contribution is -2.57. The number of hydrogen-bond donors (Lipinski definition) is 0. The van der Waals surface area contributed by atoms with Gasteiger partial charge in [0.2, 0.25) is 0 Å². The molecule has 2 atom stereocenters. The van der Waals surface area contributed by atoms with E-state index in [2.05, 4.69) is 15.0 Å². The predicted molar refractivity (Wildman–Crippen MR) is 171 cm³/mol. The summed E-state index contributed by atoms with van der Waals surface area (Å²) in [4.78, 5) is 41.5. The van der Waals surface area contributed by atoms with E-state index in [0.717, 1.165) is 12.8 Å². The average Bonchev–Trinajstić information content (AvgIpc) is 3.31. The maximum absolute atomic E-state index is 16.8. The summed E-state index contributed by atoms with van der Waals surface area (Å²) in [6, 6.07) is 5.87. The highest BCUT2D eigenvalue weighted by Gasteiger charge is 2.45. The smallest absolute Gasteiger partial charge is 0.410 e. The predicted octanol–water partition coefficient (Wildman–Crippen LogP) is 5.83. The maximum Gasteiger partial charge on any atom is 0.410 e. The zero-order valence-corrected chi connectivity index (χ0v) is 27.0. The van der Waals surface area contributed by atoms with Crippen LogP contribution < -0.4 is 14.4 Å². The molecule has 11 nitrogen and oxygen atoms in total. The second-order valence-electron chi connectivity index (χ2n) is 12.7. The first-order chi connectivity index (χ1) is 22.5. The van der Waals surface area contributed by atoms with Crippen LogP contribution in [0, 0.1) is 11.6 Å². The number of carbonyl (C=O) groups is 2. The molecule has 0 saturated carbocycles. The van der Waals surface area contributed by atoms with Crippen LogP contribution in [-0.2, 0) is 20.7 Å². The number of aromatic nitrogens is 3. The minimum atomic E-state index is -0.769. The molecule has 2 bridgehead atoms. The van der Waals surface area contributed by atoms with Crippen LogP contribution in [0.4, 0.5) is 19.4 Å². The molecule has 4 aromatic rings. The van der Waals surface area contributed by atoms with E-state index in [1.165, 1.54) is 19.4 Å². The van der Waals surface area contributed by atoms with Crippen molar-refractivity contribution in [2.45, 2.75) is 64.6 Å². The van der Waals surface area contributed by atoms with E-state index in [0.29, 0.717) is 64.6 Å². The number of anilines is 1. The zero-order chi connectivity index (χ0) is 33.5. The topological polar surface area (TPSA) is 116 Å². The van der Waals surface area contributed by atoms with Crippen LogP contribution >= 0.6 is 0 Å². The third-order valence-electron chi connectivity index (χ3n) is 8.40. The molecule has 2 saturated heterocycles. The molecule has 13 heteroatoms. The van der Waals surface area contributed by atoms with Gasteiger partial charge >= 0.3 is 12.1 Å². The second-order valence-corrected chi connectivity index (χ2v) is 12.7. The molecule has 2 aromatic carbocycles. The van der Waals surface area contributed by atoms with Crippen LogP contribution in [0.15, 0.2) is 30.5 Å². The number of hydrogen-bond acceptors (Lipinski definition) is 10. The highest BCUT2D eigenvalue weighted by atomic mass is 19.1. The molecule has 248 valence electrons. The summed E-state index contributed by atoms with van der Waals surface area (Å²) < 4.78 is 53.8. The van der Waals surface area contributed by atoms with E-state index in [1.54, 1.807) is 23.1 Å². The summed E-state index contributed by atoms with van der Waals surface area (Å²) in [6.45, 7) is 7.78. The number of pyridine rings is 1. The molecule has 2 fully saturated rings. The molecule has 2 unspecified atom stereocenters. The number of benzene rings is 2. The Labute approximate surface area is 270 Å². The second kappa shape index (κ2) is 12.9. The summed E-state index contributed by atoms with van der Waals surface area (Å²) in [7, 11) is 1.49. The number of piperazine rings is 1. The number of rotatable bonds is 9. The molecule has 4 heterocycles. The SMILES string of the molecule is CCc1c(F)ccc2cc(OCOC)cc(-c3ncc4c(N5CC6CCC(C5)N6C(=O)OC(C)(C)C)nc(OCC=O)nc4c3F)c12. The van der Waals surface area contributed by atoms with Crippen LogP contribution in [0.25, 0.3) is 32.9 Å². The molecule has 2 aliphatic rings. The average molecular weight is 650 g/mol. The molecule has 0 radical (unpaired) electrons. The van der Waals surface area contributed by atoms with Crippen LogP contribution in [-0.4, -0.2) is 83.5 Å². The van der Waals surface area contributed by atoms with Gasteiger partial charge in [0, 0.05) is 32.0 Å². The van der Waals surface area contributed by atoms with Gasteiger partial charge in [0.1, 0.15) is 40.8 Å². The molecule has 0 spiro atoms. The van der Waals surface area contributed by atoms with Crippen LogP contribution in [0.3, 0.4) is 0 Å². The lowest BCUT2D eigenvalue weighted by molar-refractivity contribution is -0.109. The fourth-order valence-corrected chi connectivity index (χ4v) is 6.54. The van der Waals surface area contributed by atoms with Gasteiger partial charge in [-0.05, 0) is 74.6 Å². The number of aryl methyl sites for hydroxylation is 1. The van der Waals surface area contributed by atoms with Gasteiger partial charge in [-0.3, -0.25) is 14.7 Å². The molecule has 0 N–H and O–H groups in total. The lowest BCUT2D eigenvalue weighted by Gasteiger charge is -2.42. The van der Waals surface area contributed by atoms with Crippen LogP contribution in [0.2, 0.25) is 0 Å². The fourth-order valence-electron chi connectivity index (χ4n) is 6.54. The van der Waals surface area contributed by atoms with Crippen molar-refractivity contribution in [3.63, 3.8) is 0 Å². The monoisotopic (exact) mass is 649 g/mol. The third-order valence-corrected chi connectivity index (χ3v) is 8.40. The fraction of sp³-hybridized carbons (Fsp3) is 0.441. The summed E-state index contributed by atoms with van der Waals surface area (Å²) in [5.74, 6) is -0.422. The molecular weight excluding hydrogens is 612 g/mol. The van der Waals surface area contributed by atoms with Gasteiger partial charge in [-0.1, -0.05) is 13.0 Å². The first-order valence-electron chi connectivity index (χ1n) is 15.6. The van der Waals surface area contributed by atoms with E-state index in [4.69, 9.17) is 18.9 Å². The van der Waals surface area contributed by atoms with Crippen molar-refractivity contribution in [2.24, 2.45) is 0 Å². The van der Waals surface area contributed by atoms with Gasteiger partial charge in [-0.25, -0.2) is 13.6 Å². The quantitative estimate of drug-likeness (QED) is 0.162. The Morgan fingerprint density at radius 3 is 2.49 bits per heavy atom. The molecule has 6 rings (SSSR count). The van der Waals surface area contributed by atoms with Crippen molar-refractivity contribution >= 4 is 39.9 Å². The first-order valence-corrected chi connectivity index (χ1v) is 15.6. The van der Waals surface area contributed by atoms with E-state index in [9.17, 15) is 9.59 Å². The Hall–Kier alpha value is -4.65. The van der Waals surface area contributed by atoms with Gasteiger partial charge < -0.3 is 23.8 Å². The van der Waals surface area contributed by atoms with Gasteiger partial charge in [0.15, 0.2) is 18.9 Å². The van der Waals surface area contributed by atoms with E-state index >= 15 is 8.78 Å². The van der Waals surface area contributed by atoms with Crippen molar-refractivity contribution < 1.29 is 37.3 Å². The molecular formula is C34H37F2N5O6. The van der Waals surface area contributed by atoms with Crippen molar-refractivity contribution in [1.82, 2.24) is 19.9 Å². The number of methoxy groups -OCH3 is 1. The number of amides is 1. The highest BCUT2D eigenvalue weighted by molar-refractivity contribution is 6.02. The molecule has 47 heavy (non-hydrogen) atoms. The van der Waals surface area contributed by atoms with Gasteiger partial charge in [0.25, 0.3) is 0 Å². The van der Waals surface area contributed by atoms with Crippen molar-refractivity contribution in [3.8, 4) is 23.0 Å². The van der Waals surface area contributed by atoms with Crippen molar-refractivity contribution in [2.75, 3.05) is 38.5 Å². The number of carbonyl (C=O) groups excluding carboxylic acids is 2. The van der Waals surface area contributed by atoms with Gasteiger partial charge in [-0.15, -0.1) is 0 Å². The molecule has 1 amide bonds. The summed E-state index contributed by atoms with van der Waals surface area (Å²) in [5, 5.41) is 1.47. The Kier molecular flexibility index (Phi) is 8.84. The van der Waals surface area contributed by atoms with Gasteiger partial charge in [0.05, 0.1) is 17.5 Å². The lowest BCUT2D eigenvalue weighted by atomic mass is 9.94. The first kappa shape index (κ1) is 32.3. The van der Waals surface area contributed by atoms with Crippen molar-refractivity contribution in [3.05, 3.63) is 47.7 Å². The molecule has 0 aliphatic carbocycles. The van der Waals surface area contributed by atoms with E-state index in [-0.39, 0.29) is 48.8 Å². The Balaban J connectivity index is 1.47. The summed E-state index contributed by atoms with van der Waals surface area (Å²) >= 11 is 0. The molecule has 2 aromatic heterocycles. The normalized spacial score (nSPS) is 17.8. The van der Waals surface area contributed by atoms with Crippen molar-refractivity contribution in [1.29, 1.82) is 0 Å². The third kappa shape index (κ3) is 6.23.